The minimum atomic E-state index is -0.576. The standard InChI is InChI=1S/C15H19N3O2/c1-3-9-18(10-4-2)14(19)13-7-5-12(6-8-13)11-17-15(16)20/h3-8H,1-2,9-11H2,(H3,16,17,20). The smallest absolute Gasteiger partial charge is 0.312 e. The van der Waals surface area contributed by atoms with Crippen LogP contribution in [-0.4, -0.2) is 29.9 Å². The van der Waals surface area contributed by atoms with Crippen LogP contribution in [-0.2, 0) is 6.54 Å². The van der Waals surface area contributed by atoms with Crippen LogP contribution in [0.4, 0.5) is 4.79 Å². The van der Waals surface area contributed by atoms with Crippen LogP contribution in [0.25, 0.3) is 0 Å². The number of amides is 3. The van der Waals surface area contributed by atoms with Gasteiger partial charge in [-0.1, -0.05) is 24.3 Å². The lowest BCUT2D eigenvalue weighted by atomic mass is 10.1. The van der Waals surface area contributed by atoms with Gasteiger partial charge in [-0.05, 0) is 17.7 Å². The van der Waals surface area contributed by atoms with Crippen molar-refractivity contribution in [1.29, 1.82) is 0 Å². The Bertz CT molecular complexity index is 484. The number of hydrogen-bond acceptors (Lipinski definition) is 2. The lowest BCUT2D eigenvalue weighted by Gasteiger charge is -2.19. The van der Waals surface area contributed by atoms with Gasteiger partial charge in [-0.15, -0.1) is 13.2 Å². The van der Waals surface area contributed by atoms with E-state index in [1.165, 1.54) is 0 Å². The molecule has 0 radical (unpaired) electrons. The molecule has 0 aliphatic heterocycles. The highest BCUT2D eigenvalue weighted by Gasteiger charge is 2.12. The number of carbonyl (C=O) groups is 2. The maximum atomic E-state index is 12.2. The van der Waals surface area contributed by atoms with Crippen LogP contribution in [0.1, 0.15) is 15.9 Å². The number of primary amides is 1. The Morgan fingerprint density at radius 2 is 1.70 bits per heavy atom. The summed E-state index contributed by atoms with van der Waals surface area (Å²) in [6, 6.07) is 6.43. The highest BCUT2D eigenvalue weighted by molar-refractivity contribution is 5.94. The van der Waals surface area contributed by atoms with E-state index in [1.54, 1.807) is 41.3 Å². The Morgan fingerprint density at radius 3 is 2.15 bits per heavy atom. The molecule has 0 aromatic heterocycles. The van der Waals surface area contributed by atoms with E-state index in [4.69, 9.17) is 5.73 Å². The molecule has 0 aliphatic carbocycles. The number of nitrogens with two attached hydrogens (primary N) is 1. The fourth-order valence-electron chi connectivity index (χ4n) is 1.69. The minimum absolute atomic E-state index is 0.0841. The average molecular weight is 273 g/mol. The maximum absolute atomic E-state index is 12.2. The van der Waals surface area contributed by atoms with Crippen molar-refractivity contribution in [1.82, 2.24) is 10.2 Å². The Morgan fingerprint density at radius 1 is 1.15 bits per heavy atom. The average Bonchev–Trinajstić information content (AvgIpc) is 2.44. The molecule has 1 aromatic carbocycles. The van der Waals surface area contributed by atoms with E-state index in [2.05, 4.69) is 18.5 Å². The molecule has 106 valence electrons. The molecular weight excluding hydrogens is 254 g/mol. The summed E-state index contributed by atoms with van der Waals surface area (Å²) in [4.78, 5) is 24.5. The van der Waals surface area contributed by atoms with E-state index in [0.29, 0.717) is 25.2 Å². The van der Waals surface area contributed by atoms with Crippen LogP contribution in [0.2, 0.25) is 0 Å². The molecule has 20 heavy (non-hydrogen) atoms. The van der Waals surface area contributed by atoms with Crippen molar-refractivity contribution in [3.05, 3.63) is 60.7 Å². The summed E-state index contributed by atoms with van der Waals surface area (Å²) in [5.74, 6) is -0.0841. The third kappa shape index (κ3) is 4.61. The third-order valence-corrected chi connectivity index (χ3v) is 2.65. The lowest BCUT2D eigenvalue weighted by molar-refractivity contribution is 0.0791. The fourth-order valence-corrected chi connectivity index (χ4v) is 1.69. The maximum Gasteiger partial charge on any atom is 0.312 e. The van der Waals surface area contributed by atoms with Crippen molar-refractivity contribution in [3.63, 3.8) is 0 Å². The zero-order chi connectivity index (χ0) is 15.0. The molecule has 0 saturated heterocycles. The van der Waals surface area contributed by atoms with Gasteiger partial charge in [-0.3, -0.25) is 4.79 Å². The number of nitrogens with zero attached hydrogens (tertiary/aromatic N) is 1. The molecule has 3 amide bonds. The number of hydrogen-bond donors (Lipinski definition) is 2. The Kier molecular flexibility index (Phi) is 6.03. The van der Waals surface area contributed by atoms with Gasteiger partial charge in [0.15, 0.2) is 0 Å². The zero-order valence-corrected chi connectivity index (χ0v) is 11.3. The van der Waals surface area contributed by atoms with E-state index < -0.39 is 6.03 Å². The van der Waals surface area contributed by atoms with Gasteiger partial charge in [0.1, 0.15) is 0 Å². The van der Waals surface area contributed by atoms with Gasteiger partial charge >= 0.3 is 6.03 Å². The molecule has 5 nitrogen and oxygen atoms in total. The zero-order valence-electron chi connectivity index (χ0n) is 11.3. The Hall–Kier alpha value is -2.56. The molecule has 0 bridgehead atoms. The highest BCUT2D eigenvalue weighted by atomic mass is 16.2. The van der Waals surface area contributed by atoms with Gasteiger partial charge in [-0.2, -0.15) is 0 Å². The molecule has 5 heteroatoms. The molecule has 0 saturated carbocycles. The van der Waals surface area contributed by atoms with Crippen LogP contribution in [0.15, 0.2) is 49.6 Å². The number of benzene rings is 1. The molecule has 0 spiro atoms. The summed E-state index contributed by atoms with van der Waals surface area (Å²) in [6.45, 7) is 8.54. The summed E-state index contributed by atoms with van der Waals surface area (Å²) in [5.41, 5.74) is 6.45. The largest absolute Gasteiger partial charge is 0.352 e. The second-order valence-electron chi connectivity index (χ2n) is 4.20. The molecule has 1 rings (SSSR count). The molecular formula is C15H19N3O2. The SMILES string of the molecule is C=CCN(CC=C)C(=O)c1ccc(CNC(N)=O)cc1. The van der Waals surface area contributed by atoms with Crippen LogP contribution in [0.5, 0.6) is 0 Å². The summed E-state index contributed by atoms with van der Waals surface area (Å²) in [5, 5.41) is 2.49. The van der Waals surface area contributed by atoms with Gasteiger partial charge in [0.05, 0.1) is 0 Å². The first-order valence-electron chi connectivity index (χ1n) is 6.21. The fraction of sp³-hybridized carbons (Fsp3) is 0.200. The van der Waals surface area contributed by atoms with Crippen LogP contribution in [0, 0.1) is 0 Å². The molecule has 0 aliphatic rings. The normalized spacial score (nSPS) is 9.60. The predicted octanol–water partition coefficient (Wildman–Crippen LogP) is 1.67. The second kappa shape index (κ2) is 7.78. The minimum Gasteiger partial charge on any atom is -0.352 e. The lowest BCUT2D eigenvalue weighted by Crippen LogP contribution is -2.31. The molecule has 0 atom stereocenters. The number of carbonyl (C=O) groups excluding carboxylic acids is 2. The number of rotatable bonds is 7. The summed E-state index contributed by atoms with van der Waals surface area (Å²) in [7, 11) is 0. The van der Waals surface area contributed by atoms with Crippen molar-refractivity contribution in [2.24, 2.45) is 5.73 Å². The van der Waals surface area contributed by atoms with Gasteiger partial charge in [-0.25, -0.2) is 4.79 Å². The van der Waals surface area contributed by atoms with E-state index >= 15 is 0 Å². The quantitative estimate of drug-likeness (QED) is 0.741. The van der Waals surface area contributed by atoms with Crippen LogP contribution >= 0.6 is 0 Å². The van der Waals surface area contributed by atoms with E-state index in [0.717, 1.165) is 5.56 Å². The van der Waals surface area contributed by atoms with Crippen molar-refractivity contribution >= 4 is 11.9 Å². The summed E-state index contributed by atoms with van der Waals surface area (Å²) < 4.78 is 0. The van der Waals surface area contributed by atoms with E-state index in [9.17, 15) is 9.59 Å². The topological polar surface area (TPSA) is 75.4 Å². The summed E-state index contributed by atoms with van der Waals surface area (Å²) >= 11 is 0. The van der Waals surface area contributed by atoms with Crippen molar-refractivity contribution in [2.45, 2.75) is 6.54 Å². The first-order valence-corrected chi connectivity index (χ1v) is 6.21. The van der Waals surface area contributed by atoms with Gasteiger partial charge in [0, 0.05) is 25.2 Å². The number of urea groups is 1. The second-order valence-corrected chi connectivity index (χ2v) is 4.20. The van der Waals surface area contributed by atoms with Crippen LogP contribution < -0.4 is 11.1 Å². The van der Waals surface area contributed by atoms with Crippen molar-refractivity contribution in [3.8, 4) is 0 Å². The van der Waals surface area contributed by atoms with E-state index in [-0.39, 0.29) is 5.91 Å². The first kappa shape index (κ1) is 15.5. The van der Waals surface area contributed by atoms with Gasteiger partial charge < -0.3 is 16.0 Å². The van der Waals surface area contributed by atoms with Crippen molar-refractivity contribution < 1.29 is 9.59 Å². The molecule has 1 aromatic rings. The predicted molar refractivity (Wildman–Crippen MR) is 79.2 cm³/mol. The first-order chi connectivity index (χ1) is 9.58. The Balaban J connectivity index is 2.75. The van der Waals surface area contributed by atoms with Gasteiger partial charge in [0.2, 0.25) is 0 Å². The number of nitrogens with one attached hydrogen (secondary N) is 1. The highest BCUT2D eigenvalue weighted by Crippen LogP contribution is 2.08. The molecule has 0 heterocycles. The molecule has 0 fully saturated rings. The molecule has 3 N–H and O–H groups in total. The van der Waals surface area contributed by atoms with E-state index in [1.807, 2.05) is 0 Å². The summed E-state index contributed by atoms with van der Waals surface area (Å²) in [6.07, 6.45) is 3.35. The van der Waals surface area contributed by atoms with Crippen molar-refractivity contribution in [2.75, 3.05) is 13.1 Å². The third-order valence-electron chi connectivity index (χ3n) is 2.65. The van der Waals surface area contributed by atoms with Gasteiger partial charge in [0.25, 0.3) is 5.91 Å². The van der Waals surface area contributed by atoms with Crippen LogP contribution in [0.3, 0.4) is 0 Å². The Labute approximate surface area is 118 Å². The monoisotopic (exact) mass is 273 g/mol. The molecule has 0 unspecified atom stereocenters.